The first kappa shape index (κ1) is 25.0. The third kappa shape index (κ3) is 5.11. The highest BCUT2D eigenvalue weighted by atomic mass is 32.2. The van der Waals surface area contributed by atoms with Gasteiger partial charge in [0.05, 0.1) is 18.0 Å². The van der Waals surface area contributed by atoms with Crippen LogP contribution in [-0.2, 0) is 14.4 Å². The number of benzene rings is 2. The Labute approximate surface area is 194 Å². The Balaban J connectivity index is 1.83. The summed E-state index contributed by atoms with van der Waals surface area (Å²) in [6, 6.07) is 14.6. The molecule has 2 aromatic rings. The third-order valence-electron chi connectivity index (χ3n) is 6.98. The molecular formula is C25H37NO4SSi. The van der Waals surface area contributed by atoms with Crippen molar-refractivity contribution in [2.75, 3.05) is 13.7 Å². The van der Waals surface area contributed by atoms with Gasteiger partial charge in [0.1, 0.15) is 5.75 Å². The standard InChI is InChI=1S/C25H37NO4SSi/c1-19-8-14-23(15-9-19)31(27,28)26-21(16-17-30-32(6,7)25(2,3)4)18-24(26)20-10-12-22(29-5)13-11-20/h8-15,21,24H,16-18H2,1-7H3/t21-,24+/m0/s1. The molecule has 32 heavy (non-hydrogen) atoms. The maximum absolute atomic E-state index is 13.6. The van der Waals surface area contributed by atoms with Crippen molar-refractivity contribution >= 4 is 18.3 Å². The number of hydrogen-bond acceptors (Lipinski definition) is 4. The number of nitrogens with zero attached hydrogens (tertiary/aromatic N) is 1. The summed E-state index contributed by atoms with van der Waals surface area (Å²) in [4.78, 5) is 0.344. The van der Waals surface area contributed by atoms with Crippen LogP contribution in [0, 0.1) is 6.92 Å². The van der Waals surface area contributed by atoms with Gasteiger partial charge in [-0.15, -0.1) is 0 Å². The molecular weight excluding hydrogens is 438 g/mol. The molecule has 7 heteroatoms. The minimum atomic E-state index is -3.62. The van der Waals surface area contributed by atoms with Crippen LogP contribution in [0.1, 0.15) is 50.8 Å². The third-order valence-corrected chi connectivity index (χ3v) is 13.5. The average molecular weight is 476 g/mol. The van der Waals surface area contributed by atoms with Gasteiger partial charge in [-0.05, 0) is 67.7 Å². The molecule has 1 saturated heterocycles. The molecule has 0 amide bonds. The SMILES string of the molecule is COc1ccc([C@H]2C[C@H](CCO[Si](C)(C)C(C)(C)C)N2S(=O)(=O)c2ccc(C)cc2)cc1. The van der Waals surface area contributed by atoms with Crippen molar-refractivity contribution in [2.45, 2.75) is 75.6 Å². The highest BCUT2D eigenvalue weighted by Crippen LogP contribution is 2.45. The number of hydrogen-bond donors (Lipinski definition) is 0. The van der Waals surface area contributed by atoms with E-state index in [1.807, 2.05) is 43.3 Å². The molecule has 1 aliphatic heterocycles. The summed E-state index contributed by atoms with van der Waals surface area (Å²) in [5, 5.41) is 0.131. The molecule has 2 aromatic carbocycles. The van der Waals surface area contributed by atoms with E-state index in [2.05, 4.69) is 33.9 Å². The molecule has 0 N–H and O–H groups in total. The first-order valence-corrected chi connectivity index (χ1v) is 15.6. The van der Waals surface area contributed by atoms with E-state index in [1.54, 1.807) is 23.5 Å². The molecule has 2 atom stereocenters. The molecule has 0 saturated carbocycles. The first-order chi connectivity index (χ1) is 14.9. The lowest BCUT2D eigenvalue weighted by Gasteiger charge is -2.48. The predicted molar refractivity (Wildman–Crippen MR) is 132 cm³/mol. The second-order valence-electron chi connectivity index (χ2n) is 10.2. The zero-order valence-corrected chi connectivity index (χ0v) is 22.2. The molecule has 1 fully saturated rings. The Bertz CT molecular complexity index is 1010. The summed E-state index contributed by atoms with van der Waals surface area (Å²) in [7, 11) is -3.86. The van der Waals surface area contributed by atoms with Gasteiger partial charge < -0.3 is 9.16 Å². The smallest absolute Gasteiger partial charge is 0.243 e. The van der Waals surface area contributed by atoms with E-state index >= 15 is 0 Å². The van der Waals surface area contributed by atoms with Crippen LogP contribution in [0.15, 0.2) is 53.4 Å². The highest BCUT2D eigenvalue weighted by Gasteiger charge is 2.47. The van der Waals surface area contributed by atoms with E-state index in [-0.39, 0.29) is 17.1 Å². The number of methoxy groups -OCH3 is 1. The van der Waals surface area contributed by atoms with Crippen LogP contribution < -0.4 is 4.74 Å². The fraction of sp³-hybridized carbons (Fsp3) is 0.520. The fourth-order valence-electron chi connectivity index (χ4n) is 3.80. The van der Waals surface area contributed by atoms with Gasteiger partial charge in [0.2, 0.25) is 10.0 Å². The van der Waals surface area contributed by atoms with Gasteiger partial charge in [-0.25, -0.2) is 8.42 Å². The predicted octanol–water partition coefficient (Wildman–Crippen LogP) is 5.92. The van der Waals surface area contributed by atoms with Gasteiger partial charge in [0, 0.05) is 12.6 Å². The van der Waals surface area contributed by atoms with E-state index < -0.39 is 18.3 Å². The van der Waals surface area contributed by atoms with Crippen molar-refractivity contribution in [1.82, 2.24) is 4.31 Å². The lowest BCUT2D eigenvalue weighted by molar-refractivity contribution is 0.0872. The summed E-state index contributed by atoms with van der Waals surface area (Å²) in [5.74, 6) is 0.764. The normalized spacial score (nSPS) is 20.1. The largest absolute Gasteiger partial charge is 0.497 e. The van der Waals surface area contributed by atoms with Crippen molar-refractivity contribution in [2.24, 2.45) is 0 Å². The molecule has 0 radical (unpaired) electrons. The topological polar surface area (TPSA) is 55.8 Å². The average Bonchev–Trinajstić information content (AvgIpc) is 2.69. The Morgan fingerprint density at radius 1 is 1.03 bits per heavy atom. The molecule has 0 spiro atoms. The number of rotatable bonds is 8. The van der Waals surface area contributed by atoms with Crippen LogP contribution in [0.3, 0.4) is 0 Å². The van der Waals surface area contributed by atoms with Crippen molar-refractivity contribution in [3.63, 3.8) is 0 Å². The number of sulfonamides is 1. The summed E-state index contributed by atoms with van der Waals surface area (Å²) in [6.45, 7) is 13.7. The van der Waals surface area contributed by atoms with Gasteiger partial charge in [0.25, 0.3) is 0 Å². The Morgan fingerprint density at radius 2 is 1.62 bits per heavy atom. The van der Waals surface area contributed by atoms with Crippen molar-refractivity contribution in [1.29, 1.82) is 0 Å². The van der Waals surface area contributed by atoms with Crippen molar-refractivity contribution < 1.29 is 17.6 Å². The second kappa shape index (κ2) is 9.29. The first-order valence-electron chi connectivity index (χ1n) is 11.2. The zero-order chi connectivity index (χ0) is 23.7. The van der Waals surface area contributed by atoms with Crippen LogP contribution in [0.5, 0.6) is 5.75 Å². The molecule has 0 aromatic heterocycles. The van der Waals surface area contributed by atoms with Crippen molar-refractivity contribution in [3.8, 4) is 5.75 Å². The van der Waals surface area contributed by atoms with E-state index in [9.17, 15) is 8.42 Å². The Hall–Kier alpha value is -1.67. The van der Waals surface area contributed by atoms with E-state index in [4.69, 9.17) is 9.16 Å². The van der Waals surface area contributed by atoms with E-state index in [0.29, 0.717) is 17.9 Å². The lowest BCUT2D eigenvalue weighted by atomic mass is 9.89. The summed E-state index contributed by atoms with van der Waals surface area (Å²) in [5.41, 5.74) is 2.03. The molecule has 3 rings (SSSR count). The summed E-state index contributed by atoms with van der Waals surface area (Å²) >= 11 is 0. The monoisotopic (exact) mass is 475 g/mol. The van der Waals surface area contributed by atoms with Crippen molar-refractivity contribution in [3.05, 3.63) is 59.7 Å². The molecule has 5 nitrogen and oxygen atoms in total. The van der Waals surface area contributed by atoms with Gasteiger partial charge in [-0.1, -0.05) is 50.6 Å². The van der Waals surface area contributed by atoms with E-state index in [1.165, 1.54) is 0 Å². The molecule has 176 valence electrons. The van der Waals surface area contributed by atoms with Crippen LogP contribution in [0.4, 0.5) is 0 Å². The van der Waals surface area contributed by atoms with Crippen LogP contribution in [-0.4, -0.2) is 40.8 Å². The quantitative estimate of drug-likeness (QED) is 0.445. The minimum Gasteiger partial charge on any atom is -0.497 e. The lowest BCUT2D eigenvalue weighted by Crippen LogP contribution is -2.54. The highest BCUT2D eigenvalue weighted by molar-refractivity contribution is 7.89. The van der Waals surface area contributed by atoms with E-state index in [0.717, 1.165) is 23.3 Å². The molecule has 0 bridgehead atoms. The van der Waals surface area contributed by atoms with Crippen LogP contribution in [0.25, 0.3) is 0 Å². The van der Waals surface area contributed by atoms with Gasteiger partial charge in [-0.3, -0.25) is 0 Å². The van der Waals surface area contributed by atoms with Crippen LogP contribution in [0.2, 0.25) is 18.1 Å². The van der Waals surface area contributed by atoms with Gasteiger partial charge in [-0.2, -0.15) is 4.31 Å². The van der Waals surface area contributed by atoms with Crippen LogP contribution >= 0.6 is 0 Å². The van der Waals surface area contributed by atoms with Gasteiger partial charge in [0.15, 0.2) is 8.32 Å². The number of ether oxygens (including phenoxy) is 1. The summed E-state index contributed by atoms with van der Waals surface area (Å²) < 4.78 is 40.6. The second-order valence-corrected chi connectivity index (χ2v) is 16.9. The minimum absolute atomic E-state index is 0.0711. The molecule has 1 aliphatic rings. The molecule has 0 unspecified atom stereocenters. The zero-order valence-electron chi connectivity index (χ0n) is 20.4. The number of aryl methyl sites for hydroxylation is 1. The molecule has 1 heterocycles. The maximum atomic E-state index is 13.6. The Morgan fingerprint density at radius 3 is 2.16 bits per heavy atom. The maximum Gasteiger partial charge on any atom is 0.243 e. The fourth-order valence-corrected chi connectivity index (χ4v) is 6.71. The Kier molecular flexibility index (Phi) is 7.25. The van der Waals surface area contributed by atoms with Gasteiger partial charge >= 0.3 is 0 Å². The summed E-state index contributed by atoms with van der Waals surface area (Å²) in [6.07, 6.45) is 1.49. The molecule has 0 aliphatic carbocycles.